The summed E-state index contributed by atoms with van der Waals surface area (Å²) >= 11 is 0. The van der Waals surface area contributed by atoms with E-state index >= 15 is 0 Å². The summed E-state index contributed by atoms with van der Waals surface area (Å²) in [5.41, 5.74) is -1.78. The fourth-order valence-electron chi connectivity index (χ4n) is 3.98. The van der Waals surface area contributed by atoms with Crippen molar-refractivity contribution in [2.24, 2.45) is 0 Å². The van der Waals surface area contributed by atoms with Gasteiger partial charge >= 0.3 is 6.03 Å². The zero-order valence-electron chi connectivity index (χ0n) is 16.3. The Hall–Kier alpha value is -3.13. The Labute approximate surface area is 175 Å². The molecule has 164 valence electrons. The van der Waals surface area contributed by atoms with Gasteiger partial charge in [-0.2, -0.15) is 13.9 Å². The van der Waals surface area contributed by atoms with Gasteiger partial charge in [-0.25, -0.2) is 18.4 Å². The van der Waals surface area contributed by atoms with Crippen molar-refractivity contribution in [3.63, 3.8) is 0 Å². The summed E-state index contributed by atoms with van der Waals surface area (Å²) in [5, 5.41) is 17.0. The number of amides is 2. The Morgan fingerprint density at radius 2 is 2.13 bits per heavy atom. The maximum atomic E-state index is 14.9. The van der Waals surface area contributed by atoms with Gasteiger partial charge in [0.15, 0.2) is 0 Å². The molecule has 0 saturated heterocycles. The van der Waals surface area contributed by atoms with E-state index in [0.717, 1.165) is 10.7 Å². The molecule has 2 aromatic rings. The smallest absolute Gasteiger partial charge is 0.322 e. The van der Waals surface area contributed by atoms with Crippen molar-refractivity contribution in [1.29, 1.82) is 0 Å². The molecule has 2 N–H and O–H groups in total. The fourth-order valence-corrected chi connectivity index (χ4v) is 3.98. The van der Waals surface area contributed by atoms with Crippen LogP contribution in [0.25, 0.3) is 4.85 Å². The number of nitrogens with one attached hydrogen (secondary N) is 1. The minimum atomic E-state index is -3.33. The molecule has 0 saturated carbocycles. The van der Waals surface area contributed by atoms with Crippen molar-refractivity contribution in [1.82, 2.24) is 14.7 Å². The summed E-state index contributed by atoms with van der Waals surface area (Å²) in [6, 6.07) is 2.95. The number of benzene rings is 1. The molecule has 3 heterocycles. The quantitative estimate of drug-likeness (QED) is 0.555. The molecule has 1 aromatic heterocycles. The highest BCUT2D eigenvalue weighted by molar-refractivity contribution is 5.90. The standard InChI is InChI=1S/C20H19F4N5O2/c1-25-16-8-12(2-3-14(16)22)26-18(30)28-7-4-15-13(9-28)17-20(23,24)6-5-19(31,10-21)11-29(17)27-15/h2-3,8,31H,4-7,9-11H2,(H,26,30). The van der Waals surface area contributed by atoms with E-state index in [1.54, 1.807) is 0 Å². The first-order valence-corrected chi connectivity index (χ1v) is 9.64. The van der Waals surface area contributed by atoms with Crippen LogP contribution in [0.3, 0.4) is 0 Å². The Bertz CT molecular complexity index is 1080. The van der Waals surface area contributed by atoms with Gasteiger partial charge in [0.05, 0.1) is 25.4 Å². The Morgan fingerprint density at radius 3 is 2.84 bits per heavy atom. The number of aliphatic hydroxyl groups is 1. The molecule has 0 bridgehead atoms. The summed E-state index contributed by atoms with van der Waals surface area (Å²) in [4.78, 5) is 17.0. The third kappa shape index (κ3) is 3.83. The first kappa shape index (κ1) is 21.1. The first-order chi connectivity index (χ1) is 14.7. The molecule has 4 rings (SSSR count). The van der Waals surface area contributed by atoms with E-state index < -0.39 is 48.6 Å². The van der Waals surface area contributed by atoms with Crippen LogP contribution in [0.1, 0.15) is 29.8 Å². The minimum absolute atomic E-state index is 0.142. The van der Waals surface area contributed by atoms with Gasteiger partial charge in [-0.05, 0) is 24.6 Å². The molecule has 2 aliphatic heterocycles. The molecule has 11 heteroatoms. The Morgan fingerprint density at radius 1 is 1.35 bits per heavy atom. The summed E-state index contributed by atoms with van der Waals surface area (Å²) in [6.07, 6.45) is -0.927. The lowest BCUT2D eigenvalue weighted by atomic mass is 9.96. The van der Waals surface area contributed by atoms with E-state index in [4.69, 9.17) is 6.57 Å². The molecule has 0 radical (unpaired) electrons. The number of alkyl halides is 3. The SMILES string of the molecule is [C-]#[N+]c1cc(NC(=O)N2CCc3nn4c(c3C2)C(F)(F)CCC(O)(CF)C4)ccc1F. The Kier molecular flexibility index (Phi) is 5.13. The largest absolute Gasteiger partial charge is 0.385 e. The van der Waals surface area contributed by atoms with Crippen LogP contribution in [0.15, 0.2) is 18.2 Å². The highest BCUT2D eigenvalue weighted by atomic mass is 19.3. The summed E-state index contributed by atoms with van der Waals surface area (Å²) in [5.74, 6) is -4.05. The van der Waals surface area contributed by atoms with Crippen LogP contribution < -0.4 is 5.32 Å². The van der Waals surface area contributed by atoms with Crippen molar-refractivity contribution < 1.29 is 27.5 Å². The van der Waals surface area contributed by atoms with E-state index in [9.17, 15) is 27.5 Å². The van der Waals surface area contributed by atoms with Crippen molar-refractivity contribution in [3.8, 4) is 0 Å². The second-order valence-corrected chi connectivity index (χ2v) is 7.87. The van der Waals surface area contributed by atoms with Gasteiger partial charge in [-0.3, -0.25) is 4.68 Å². The van der Waals surface area contributed by atoms with Gasteiger partial charge in [-0.1, -0.05) is 0 Å². The molecule has 1 atom stereocenters. The predicted octanol–water partition coefficient (Wildman–Crippen LogP) is 3.75. The summed E-state index contributed by atoms with van der Waals surface area (Å²) in [7, 11) is 0. The fraction of sp³-hybridized carbons (Fsp3) is 0.450. The van der Waals surface area contributed by atoms with Gasteiger partial charge in [0.1, 0.15) is 23.8 Å². The molecule has 31 heavy (non-hydrogen) atoms. The molecular formula is C20H19F4N5O2. The number of fused-ring (bicyclic) bond motifs is 3. The van der Waals surface area contributed by atoms with Crippen LogP contribution >= 0.6 is 0 Å². The highest BCUT2D eigenvalue weighted by Gasteiger charge is 2.47. The van der Waals surface area contributed by atoms with Crippen LogP contribution in [0, 0.1) is 12.4 Å². The molecule has 2 amide bonds. The van der Waals surface area contributed by atoms with Gasteiger partial charge in [0.2, 0.25) is 5.69 Å². The number of nitrogens with zero attached hydrogens (tertiary/aromatic N) is 4. The van der Waals surface area contributed by atoms with Gasteiger partial charge < -0.3 is 15.3 Å². The van der Waals surface area contributed by atoms with E-state index in [0.29, 0.717) is 5.69 Å². The highest BCUT2D eigenvalue weighted by Crippen LogP contribution is 2.42. The minimum Gasteiger partial charge on any atom is -0.385 e. The van der Waals surface area contributed by atoms with E-state index in [1.807, 2.05) is 0 Å². The lowest BCUT2D eigenvalue weighted by Gasteiger charge is -2.28. The van der Waals surface area contributed by atoms with Crippen LogP contribution in [0.2, 0.25) is 0 Å². The maximum Gasteiger partial charge on any atom is 0.322 e. The molecule has 1 unspecified atom stereocenters. The normalized spacial score (nSPS) is 22.1. The van der Waals surface area contributed by atoms with E-state index in [2.05, 4.69) is 15.3 Å². The number of hydrogen-bond donors (Lipinski definition) is 2. The number of carbonyl (C=O) groups excluding carboxylic acids is 1. The molecule has 0 aliphatic carbocycles. The van der Waals surface area contributed by atoms with Gasteiger partial charge in [0.25, 0.3) is 5.92 Å². The molecule has 0 spiro atoms. The topological polar surface area (TPSA) is 74.8 Å². The van der Waals surface area contributed by atoms with Gasteiger partial charge in [0, 0.05) is 30.6 Å². The average molecular weight is 437 g/mol. The second-order valence-electron chi connectivity index (χ2n) is 7.87. The predicted molar refractivity (Wildman–Crippen MR) is 102 cm³/mol. The number of halogens is 4. The van der Waals surface area contributed by atoms with Crippen LogP contribution in [-0.2, 0) is 25.4 Å². The molecular weight excluding hydrogens is 418 g/mol. The molecule has 0 fully saturated rings. The summed E-state index contributed by atoms with van der Waals surface area (Å²) in [6.45, 7) is 5.46. The number of carbonyl (C=O) groups is 1. The average Bonchev–Trinajstić information content (AvgIpc) is 3.06. The molecule has 1 aromatic carbocycles. The first-order valence-electron chi connectivity index (χ1n) is 9.64. The maximum absolute atomic E-state index is 14.9. The van der Waals surface area contributed by atoms with Crippen molar-refractivity contribution >= 4 is 17.4 Å². The molecule has 2 aliphatic rings. The second kappa shape index (κ2) is 7.53. The number of urea groups is 1. The van der Waals surface area contributed by atoms with Crippen molar-refractivity contribution in [3.05, 3.63) is 52.4 Å². The zero-order chi connectivity index (χ0) is 22.4. The third-order valence-corrected chi connectivity index (χ3v) is 5.65. The Balaban J connectivity index is 1.59. The zero-order valence-corrected chi connectivity index (χ0v) is 16.3. The van der Waals surface area contributed by atoms with Crippen molar-refractivity contribution in [2.75, 3.05) is 18.5 Å². The van der Waals surface area contributed by atoms with Crippen LogP contribution in [-0.4, -0.2) is 44.6 Å². The lowest BCUT2D eigenvalue weighted by molar-refractivity contribution is -0.0473. The number of rotatable bonds is 2. The number of aromatic nitrogens is 2. The molecule has 7 nitrogen and oxygen atoms in total. The van der Waals surface area contributed by atoms with Crippen LogP contribution in [0.4, 0.5) is 33.7 Å². The van der Waals surface area contributed by atoms with Crippen molar-refractivity contribution in [2.45, 2.75) is 43.9 Å². The third-order valence-electron chi connectivity index (χ3n) is 5.65. The van der Waals surface area contributed by atoms with E-state index in [1.165, 1.54) is 17.0 Å². The van der Waals surface area contributed by atoms with E-state index in [-0.39, 0.29) is 43.0 Å². The summed E-state index contributed by atoms with van der Waals surface area (Å²) < 4.78 is 57.5. The van der Waals surface area contributed by atoms with Crippen LogP contribution in [0.5, 0.6) is 0 Å². The number of hydrogen-bond acceptors (Lipinski definition) is 3. The number of anilines is 1. The monoisotopic (exact) mass is 437 g/mol. The lowest BCUT2D eigenvalue weighted by Crippen LogP contribution is -2.39. The van der Waals surface area contributed by atoms with Gasteiger partial charge in [-0.15, -0.1) is 0 Å².